The second kappa shape index (κ2) is 6.52. The van der Waals surface area contributed by atoms with E-state index in [0.29, 0.717) is 25.9 Å². The van der Waals surface area contributed by atoms with E-state index in [1.54, 1.807) is 0 Å². The van der Waals surface area contributed by atoms with E-state index in [9.17, 15) is 26.8 Å². The van der Waals surface area contributed by atoms with Crippen molar-refractivity contribution in [1.82, 2.24) is 14.5 Å². The van der Waals surface area contributed by atoms with Crippen molar-refractivity contribution in [3.05, 3.63) is 29.3 Å². The molecule has 1 N–H and O–H groups in total. The van der Waals surface area contributed by atoms with E-state index in [1.165, 1.54) is 23.1 Å². The van der Waals surface area contributed by atoms with Crippen molar-refractivity contribution in [2.75, 3.05) is 19.6 Å². The van der Waals surface area contributed by atoms with Crippen LogP contribution in [-0.4, -0.2) is 67.6 Å². The van der Waals surface area contributed by atoms with Crippen LogP contribution in [0.4, 0.5) is 8.78 Å². The summed E-state index contributed by atoms with van der Waals surface area (Å²) < 4.78 is 51.5. The lowest BCUT2D eigenvalue weighted by Crippen LogP contribution is -2.53. The van der Waals surface area contributed by atoms with Gasteiger partial charge in [0.1, 0.15) is 4.90 Å². The van der Waals surface area contributed by atoms with E-state index in [4.69, 9.17) is 0 Å². The van der Waals surface area contributed by atoms with Gasteiger partial charge in [-0.25, -0.2) is 21.5 Å². The quantitative estimate of drug-likeness (QED) is 0.818. The summed E-state index contributed by atoms with van der Waals surface area (Å²) in [6, 6.07) is 3.22. The molecule has 0 spiro atoms. The molecule has 0 radical (unpaired) electrons. The van der Waals surface area contributed by atoms with Crippen LogP contribution >= 0.6 is 0 Å². The number of amides is 2. The molecule has 7 nitrogen and oxygen atoms in total. The minimum Gasteiger partial charge on any atom is -0.336 e. The molecule has 2 aliphatic heterocycles. The van der Waals surface area contributed by atoms with Crippen LogP contribution in [-0.2, 0) is 10.0 Å². The highest BCUT2D eigenvalue weighted by molar-refractivity contribution is 7.90. The molecule has 1 aromatic rings. The van der Waals surface area contributed by atoms with Crippen LogP contribution in [0.15, 0.2) is 23.1 Å². The molecule has 1 atom stereocenters. The minimum atomic E-state index is -3.94. The van der Waals surface area contributed by atoms with Crippen molar-refractivity contribution in [2.24, 2.45) is 0 Å². The zero-order valence-corrected chi connectivity index (χ0v) is 15.2. The number of hydrogen-bond donors (Lipinski definition) is 1. The van der Waals surface area contributed by atoms with Gasteiger partial charge in [0.05, 0.1) is 5.56 Å². The summed E-state index contributed by atoms with van der Waals surface area (Å²) in [5.41, 5.74) is 0.217. The zero-order valence-electron chi connectivity index (χ0n) is 14.4. The highest BCUT2D eigenvalue weighted by Gasteiger charge is 2.49. The van der Waals surface area contributed by atoms with Crippen molar-refractivity contribution < 1.29 is 26.8 Å². The summed E-state index contributed by atoms with van der Waals surface area (Å²) in [5.74, 6) is -0.975. The first-order valence-electron chi connectivity index (χ1n) is 8.82. The zero-order chi connectivity index (χ0) is 19.3. The summed E-state index contributed by atoms with van der Waals surface area (Å²) in [5, 5.41) is 2.95. The monoisotopic (exact) mass is 399 g/mol. The third-order valence-electron chi connectivity index (χ3n) is 5.08. The van der Waals surface area contributed by atoms with E-state index in [0.717, 1.165) is 4.31 Å². The lowest BCUT2D eigenvalue weighted by atomic mass is 10.1. The Morgan fingerprint density at radius 1 is 1.30 bits per heavy atom. The molecule has 2 heterocycles. The molecule has 1 saturated carbocycles. The van der Waals surface area contributed by atoms with Gasteiger partial charge in [0, 0.05) is 43.7 Å². The standard InChI is InChI=1S/C17H19F2N3O4S/c18-15(19)8-11-9-21(6-5-20-11)16(23)10-1-4-13-14(7-10)27(25,26)22(17(13)24)12-2-3-12/h1,4,7,11-12,15,20H,2-3,5-6,8-9H2. The number of rotatable bonds is 4. The first kappa shape index (κ1) is 18.3. The Kier molecular flexibility index (Phi) is 4.42. The highest BCUT2D eigenvalue weighted by Crippen LogP contribution is 2.39. The van der Waals surface area contributed by atoms with E-state index in [1.807, 2.05) is 0 Å². The Hall–Kier alpha value is -2.07. The highest BCUT2D eigenvalue weighted by atomic mass is 32.2. The van der Waals surface area contributed by atoms with E-state index in [-0.39, 0.29) is 35.0 Å². The first-order valence-corrected chi connectivity index (χ1v) is 10.3. The number of benzene rings is 1. The maximum atomic E-state index is 12.8. The average molecular weight is 399 g/mol. The minimum absolute atomic E-state index is 0.0781. The second-order valence-electron chi connectivity index (χ2n) is 7.08. The Bertz CT molecular complexity index is 901. The molecule has 2 fully saturated rings. The lowest BCUT2D eigenvalue weighted by molar-refractivity contribution is 0.0631. The van der Waals surface area contributed by atoms with E-state index >= 15 is 0 Å². The smallest absolute Gasteiger partial charge is 0.269 e. The fraction of sp³-hybridized carbons (Fsp3) is 0.529. The van der Waals surface area contributed by atoms with Crippen LogP contribution in [0.3, 0.4) is 0 Å². The summed E-state index contributed by atoms with van der Waals surface area (Å²) >= 11 is 0. The lowest BCUT2D eigenvalue weighted by Gasteiger charge is -2.33. The molecule has 1 aromatic carbocycles. The molecule has 0 aromatic heterocycles. The third kappa shape index (κ3) is 3.20. The Morgan fingerprint density at radius 3 is 2.70 bits per heavy atom. The number of carbonyl (C=O) groups is 2. The Balaban J connectivity index is 1.59. The first-order chi connectivity index (χ1) is 12.8. The molecular formula is C17H19F2N3O4S. The number of carbonyl (C=O) groups excluding carboxylic acids is 2. The molecule has 146 valence electrons. The molecule has 3 aliphatic rings. The van der Waals surface area contributed by atoms with Crippen LogP contribution < -0.4 is 5.32 Å². The van der Waals surface area contributed by atoms with Gasteiger partial charge in [-0.2, -0.15) is 0 Å². The normalized spacial score (nSPS) is 24.4. The number of halogens is 2. The van der Waals surface area contributed by atoms with Crippen molar-refractivity contribution in [3.63, 3.8) is 0 Å². The molecule has 4 rings (SSSR count). The largest absolute Gasteiger partial charge is 0.336 e. The van der Waals surface area contributed by atoms with Crippen LogP contribution in [0.5, 0.6) is 0 Å². The van der Waals surface area contributed by atoms with Gasteiger partial charge in [0.25, 0.3) is 21.8 Å². The van der Waals surface area contributed by atoms with Crippen molar-refractivity contribution in [1.29, 1.82) is 0 Å². The van der Waals surface area contributed by atoms with Gasteiger partial charge in [-0.3, -0.25) is 9.59 Å². The number of fused-ring (bicyclic) bond motifs is 1. The molecule has 1 aliphatic carbocycles. The molecule has 10 heteroatoms. The number of hydrogen-bond acceptors (Lipinski definition) is 5. The fourth-order valence-corrected chi connectivity index (χ4v) is 5.46. The number of nitrogens with one attached hydrogen (secondary N) is 1. The van der Waals surface area contributed by atoms with Crippen LogP contribution in [0.25, 0.3) is 0 Å². The van der Waals surface area contributed by atoms with Gasteiger partial charge < -0.3 is 10.2 Å². The average Bonchev–Trinajstić information content (AvgIpc) is 3.42. The van der Waals surface area contributed by atoms with E-state index in [2.05, 4.69) is 5.32 Å². The summed E-state index contributed by atoms with van der Waals surface area (Å²) in [6.45, 7) is 0.857. The molecule has 2 amide bonds. The maximum absolute atomic E-state index is 12.8. The number of nitrogens with zero attached hydrogens (tertiary/aromatic N) is 2. The van der Waals surface area contributed by atoms with E-state index < -0.39 is 34.3 Å². The molecular weight excluding hydrogens is 380 g/mol. The summed E-state index contributed by atoms with van der Waals surface area (Å²) in [6.07, 6.45) is -1.52. The van der Waals surface area contributed by atoms with Crippen LogP contribution in [0, 0.1) is 0 Å². The molecule has 27 heavy (non-hydrogen) atoms. The van der Waals surface area contributed by atoms with Crippen LogP contribution in [0.1, 0.15) is 40.0 Å². The predicted molar refractivity (Wildman–Crippen MR) is 91.1 cm³/mol. The topological polar surface area (TPSA) is 86.8 Å². The van der Waals surface area contributed by atoms with Crippen LogP contribution in [0.2, 0.25) is 0 Å². The number of piperazine rings is 1. The van der Waals surface area contributed by atoms with Crippen molar-refractivity contribution in [3.8, 4) is 0 Å². The van der Waals surface area contributed by atoms with Gasteiger partial charge in [-0.1, -0.05) is 0 Å². The SMILES string of the molecule is O=C(c1ccc2c(c1)S(=O)(=O)N(C1CC1)C2=O)N1CCNC(CC(F)F)C1. The van der Waals surface area contributed by atoms with Gasteiger partial charge in [0.15, 0.2) is 0 Å². The molecule has 0 bridgehead atoms. The summed E-state index contributed by atoms with van der Waals surface area (Å²) in [4.78, 5) is 26.5. The summed E-state index contributed by atoms with van der Waals surface area (Å²) in [7, 11) is -3.94. The second-order valence-corrected chi connectivity index (χ2v) is 8.86. The number of sulfonamides is 1. The Morgan fingerprint density at radius 2 is 2.04 bits per heavy atom. The van der Waals surface area contributed by atoms with Gasteiger partial charge >= 0.3 is 0 Å². The molecule has 1 saturated heterocycles. The fourth-order valence-electron chi connectivity index (χ4n) is 3.62. The predicted octanol–water partition coefficient (Wildman–Crippen LogP) is 1.06. The molecule has 1 unspecified atom stereocenters. The Labute approximate surface area is 155 Å². The van der Waals surface area contributed by atoms with Gasteiger partial charge in [0.2, 0.25) is 6.43 Å². The van der Waals surface area contributed by atoms with Crippen molar-refractivity contribution >= 4 is 21.8 Å². The van der Waals surface area contributed by atoms with Gasteiger partial charge in [-0.05, 0) is 31.0 Å². The maximum Gasteiger partial charge on any atom is 0.269 e. The van der Waals surface area contributed by atoms with Gasteiger partial charge in [-0.15, -0.1) is 0 Å². The van der Waals surface area contributed by atoms with Crippen molar-refractivity contribution in [2.45, 2.75) is 42.7 Å². The third-order valence-corrected chi connectivity index (χ3v) is 6.96. The number of alkyl halides is 2.